The topological polar surface area (TPSA) is 86.5 Å². The fourth-order valence-electron chi connectivity index (χ4n) is 2.33. The van der Waals surface area contributed by atoms with Crippen molar-refractivity contribution in [2.75, 3.05) is 25.1 Å². The lowest BCUT2D eigenvalue weighted by Gasteiger charge is -2.22. The van der Waals surface area contributed by atoms with E-state index in [-0.39, 0.29) is 17.7 Å². The molecule has 0 aromatic carbocycles. The summed E-state index contributed by atoms with van der Waals surface area (Å²) in [6, 6.07) is 1.66. The van der Waals surface area contributed by atoms with E-state index >= 15 is 0 Å². The molecule has 2 aromatic heterocycles. The van der Waals surface area contributed by atoms with Crippen molar-refractivity contribution >= 4 is 40.5 Å². The van der Waals surface area contributed by atoms with Gasteiger partial charge in [0.1, 0.15) is 11.1 Å². The van der Waals surface area contributed by atoms with Gasteiger partial charge in [0.2, 0.25) is 5.28 Å². The first-order valence-corrected chi connectivity index (χ1v) is 8.65. The van der Waals surface area contributed by atoms with E-state index in [1.54, 1.807) is 51.9 Å². The van der Waals surface area contributed by atoms with E-state index in [0.29, 0.717) is 30.0 Å². The molecule has 0 fully saturated rings. The summed E-state index contributed by atoms with van der Waals surface area (Å²) in [4.78, 5) is 34.2. The molecule has 9 heteroatoms. The molecule has 0 amide bonds. The zero-order valence-corrected chi connectivity index (χ0v) is 16.3. The van der Waals surface area contributed by atoms with Gasteiger partial charge < -0.3 is 14.4 Å². The number of halogens is 1. The Morgan fingerprint density at radius 1 is 1.31 bits per heavy atom. The number of fused-ring (bicyclic) bond motifs is 1. The Morgan fingerprint density at radius 2 is 2.00 bits per heavy atom. The minimum atomic E-state index is -0.642. The third-order valence-electron chi connectivity index (χ3n) is 3.40. The average molecular weight is 383 g/mol. The van der Waals surface area contributed by atoms with Crippen LogP contribution >= 0.6 is 11.6 Å². The van der Waals surface area contributed by atoms with Crippen LogP contribution in [0, 0.1) is 0 Å². The molecule has 2 rings (SSSR count). The first-order chi connectivity index (χ1) is 12.1. The maximum Gasteiger partial charge on any atom is 0.419 e. The third kappa shape index (κ3) is 4.85. The van der Waals surface area contributed by atoms with Crippen LogP contribution in [0.15, 0.2) is 12.3 Å². The molecule has 0 saturated heterocycles. The van der Waals surface area contributed by atoms with Crippen LogP contribution < -0.4 is 4.90 Å². The Balaban J connectivity index is 2.37. The van der Waals surface area contributed by atoms with E-state index in [9.17, 15) is 9.59 Å². The predicted molar refractivity (Wildman–Crippen MR) is 98.7 cm³/mol. The van der Waals surface area contributed by atoms with E-state index in [2.05, 4.69) is 9.97 Å². The monoisotopic (exact) mass is 382 g/mol. The van der Waals surface area contributed by atoms with Gasteiger partial charge in [0.15, 0.2) is 5.82 Å². The molecule has 0 saturated carbocycles. The fraction of sp³-hybridized carbons (Fsp3) is 0.529. The van der Waals surface area contributed by atoms with Crippen LogP contribution in [0.4, 0.5) is 10.6 Å². The van der Waals surface area contributed by atoms with Crippen LogP contribution in [0.1, 0.15) is 34.1 Å². The van der Waals surface area contributed by atoms with Gasteiger partial charge in [0, 0.05) is 19.8 Å². The molecule has 0 unspecified atom stereocenters. The summed E-state index contributed by atoms with van der Waals surface area (Å²) >= 11 is 6.01. The summed E-state index contributed by atoms with van der Waals surface area (Å²) in [5.41, 5.74) is 0.334. The maximum absolute atomic E-state index is 12.5. The smallest absolute Gasteiger partial charge is 0.419 e. The lowest BCUT2D eigenvalue weighted by molar-refractivity contribution is -0.142. The number of esters is 1. The molecule has 0 N–H and O–H groups in total. The third-order valence-corrected chi connectivity index (χ3v) is 3.57. The highest BCUT2D eigenvalue weighted by Gasteiger charge is 2.23. The van der Waals surface area contributed by atoms with Gasteiger partial charge in [-0.3, -0.25) is 4.79 Å². The molecule has 2 heterocycles. The van der Waals surface area contributed by atoms with E-state index in [0.717, 1.165) is 0 Å². The summed E-state index contributed by atoms with van der Waals surface area (Å²) in [6.45, 7) is 7.79. The molecule has 26 heavy (non-hydrogen) atoms. The molecule has 0 aliphatic carbocycles. The molecule has 0 radical (unpaired) electrons. The normalized spacial score (nSPS) is 11.5. The van der Waals surface area contributed by atoms with Crippen molar-refractivity contribution in [1.29, 1.82) is 0 Å². The molecule has 0 aliphatic heterocycles. The van der Waals surface area contributed by atoms with E-state index in [1.807, 2.05) is 0 Å². The van der Waals surface area contributed by atoms with Gasteiger partial charge in [0.05, 0.1) is 18.5 Å². The Labute approximate surface area is 157 Å². The number of hydrogen-bond acceptors (Lipinski definition) is 7. The summed E-state index contributed by atoms with van der Waals surface area (Å²) in [5.74, 6) is 0.124. The fourth-order valence-corrected chi connectivity index (χ4v) is 2.50. The second-order valence-electron chi connectivity index (χ2n) is 6.69. The van der Waals surface area contributed by atoms with Gasteiger partial charge >= 0.3 is 12.1 Å². The molecular weight excluding hydrogens is 360 g/mol. The predicted octanol–water partition coefficient (Wildman–Crippen LogP) is 3.26. The van der Waals surface area contributed by atoms with Crippen molar-refractivity contribution in [3.8, 4) is 0 Å². The number of carbonyl (C=O) groups excluding carboxylic acids is 2. The van der Waals surface area contributed by atoms with Crippen molar-refractivity contribution in [3.05, 3.63) is 17.5 Å². The molecule has 8 nitrogen and oxygen atoms in total. The second-order valence-corrected chi connectivity index (χ2v) is 7.03. The van der Waals surface area contributed by atoms with Gasteiger partial charge in [-0.15, -0.1) is 0 Å². The molecule has 0 atom stereocenters. The lowest BCUT2D eigenvalue weighted by atomic mass is 10.2. The molecule has 2 aromatic rings. The first-order valence-electron chi connectivity index (χ1n) is 8.27. The summed E-state index contributed by atoms with van der Waals surface area (Å²) in [7, 11) is 1.75. The van der Waals surface area contributed by atoms with Crippen molar-refractivity contribution in [2.45, 2.75) is 39.7 Å². The largest absolute Gasteiger partial charge is 0.466 e. The number of ether oxygens (including phenoxy) is 2. The highest BCUT2D eigenvalue weighted by Crippen LogP contribution is 2.27. The van der Waals surface area contributed by atoms with Crippen molar-refractivity contribution in [1.82, 2.24) is 14.5 Å². The Morgan fingerprint density at radius 3 is 2.62 bits per heavy atom. The van der Waals surface area contributed by atoms with E-state index in [4.69, 9.17) is 21.1 Å². The minimum Gasteiger partial charge on any atom is -0.466 e. The molecular formula is C17H23ClN4O4. The Kier molecular flexibility index (Phi) is 6.07. The number of anilines is 1. The zero-order valence-electron chi connectivity index (χ0n) is 15.6. The van der Waals surface area contributed by atoms with Crippen molar-refractivity contribution < 1.29 is 19.1 Å². The van der Waals surface area contributed by atoms with Crippen LogP contribution in [0.5, 0.6) is 0 Å². The van der Waals surface area contributed by atoms with Crippen molar-refractivity contribution in [3.63, 3.8) is 0 Å². The number of aromatic nitrogens is 3. The van der Waals surface area contributed by atoms with E-state index < -0.39 is 11.7 Å². The highest BCUT2D eigenvalue weighted by molar-refractivity contribution is 6.28. The maximum atomic E-state index is 12.5. The summed E-state index contributed by atoms with van der Waals surface area (Å²) in [5, 5.41) is 0.0532. The quantitative estimate of drug-likeness (QED) is 0.579. The summed E-state index contributed by atoms with van der Waals surface area (Å²) in [6.07, 6.45) is 1.20. The minimum absolute atomic E-state index is 0.0532. The zero-order chi connectivity index (χ0) is 19.5. The van der Waals surface area contributed by atoms with Crippen LogP contribution in [0.2, 0.25) is 5.28 Å². The SMILES string of the molecule is CCOC(=O)CCN(C)c1nc(Cl)nc2ccn(C(=O)OC(C)(C)C)c12. The van der Waals surface area contributed by atoms with Crippen LogP contribution in [0.25, 0.3) is 11.0 Å². The molecule has 142 valence electrons. The number of nitrogens with zero attached hydrogens (tertiary/aromatic N) is 4. The van der Waals surface area contributed by atoms with Gasteiger partial charge in [0.25, 0.3) is 0 Å². The molecule has 0 spiro atoms. The lowest BCUT2D eigenvalue weighted by Crippen LogP contribution is -2.28. The number of rotatable bonds is 5. The highest BCUT2D eigenvalue weighted by atomic mass is 35.5. The number of hydrogen-bond donors (Lipinski definition) is 0. The molecule has 0 bridgehead atoms. The summed E-state index contributed by atoms with van der Waals surface area (Å²) < 4.78 is 11.7. The second kappa shape index (κ2) is 7.90. The van der Waals surface area contributed by atoms with Gasteiger partial charge in [-0.05, 0) is 45.4 Å². The Hall–Kier alpha value is -2.35. The van der Waals surface area contributed by atoms with Crippen molar-refractivity contribution in [2.24, 2.45) is 0 Å². The van der Waals surface area contributed by atoms with Crippen LogP contribution in [-0.4, -0.2) is 52.4 Å². The standard InChI is InChI=1S/C17H23ClN4O4/c1-6-25-12(23)8-9-21(5)14-13-11(19-15(18)20-14)7-10-22(13)16(24)26-17(2,3)4/h7,10H,6,8-9H2,1-5H3. The van der Waals surface area contributed by atoms with E-state index in [1.165, 1.54) is 4.57 Å². The van der Waals surface area contributed by atoms with Gasteiger partial charge in [-0.2, -0.15) is 4.98 Å². The van der Waals surface area contributed by atoms with Crippen LogP contribution in [0.3, 0.4) is 0 Å². The Bertz CT molecular complexity index is 813. The van der Waals surface area contributed by atoms with Gasteiger partial charge in [-0.25, -0.2) is 14.3 Å². The molecule has 0 aliphatic rings. The average Bonchev–Trinajstić information content (AvgIpc) is 2.94. The number of carbonyl (C=O) groups is 2. The van der Waals surface area contributed by atoms with Gasteiger partial charge in [-0.1, -0.05) is 0 Å². The first kappa shape index (κ1) is 20.0. The van der Waals surface area contributed by atoms with Crippen LogP contribution in [-0.2, 0) is 14.3 Å².